The van der Waals surface area contributed by atoms with Crippen molar-refractivity contribution in [3.8, 4) is 11.1 Å². The number of pyridine rings is 1. The summed E-state index contributed by atoms with van der Waals surface area (Å²) in [6.07, 6.45) is 2.45. The Labute approximate surface area is 265 Å². The number of halogens is 4. The average molecular weight is 629 g/mol. The van der Waals surface area contributed by atoms with Gasteiger partial charge in [-0.25, -0.2) is 4.98 Å². The van der Waals surface area contributed by atoms with Crippen molar-refractivity contribution in [2.45, 2.75) is 32.0 Å². The smallest absolute Gasteiger partial charge is 0.367 e. The molecule has 0 saturated carbocycles. The minimum Gasteiger partial charge on any atom is -0.367 e. The van der Waals surface area contributed by atoms with Crippen molar-refractivity contribution in [3.63, 3.8) is 0 Å². The Morgan fingerprint density at radius 3 is 2.60 bits per heavy atom. The van der Waals surface area contributed by atoms with Crippen LogP contribution in [0.15, 0.2) is 85.1 Å². The number of rotatable bonds is 5. The molecule has 4 aromatic rings. The summed E-state index contributed by atoms with van der Waals surface area (Å²) < 4.78 is 41.3. The van der Waals surface area contributed by atoms with Crippen LogP contribution in [0.25, 0.3) is 16.7 Å². The van der Waals surface area contributed by atoms with E-state index in [-0.39, 0.29) is 23.0 Å². The molecule has 1 aliphatic carbocycles. The van der Waals surface area contributed by atoms with E-state index in [2.05, 4.69) is 40.6 Å². The lowest BCUT2D eigenvalue weighted by molar-refractivity contribution is -0.138. The molecule has 9 heteroatoms. The maximum absolute atomic E-state index is 13.8. The van der Waals surface area contributed by atoms with Crippen LogP contribution < -0.4 is 10.2 Å². The summed E-state index contributed by atoms with van der Waals surface area (Å²) in [7, 11) is 0. The molecular weight excluding hydrogens is 597 g/mol. The van der Waals surface area contributed by atoms with Crippen molar-refractivity contribution in [1.29, 1.82) is 0 Å². The van der Waals surface area contributed by atoms with Crippen molar-refractivity contribution in [1.82, 2.24) is 9.88 Å². The van der Waals surface area contributed by atoms with Crippen LogP contribution in [-0.2, 0) is 19.1 Å². The molecule has 0 unspecified atom stereocenters. The molecule has 0 bridgehead atoms. The Hall–Kier alpha value is -4.30. The number of likely N-dealkylation sites (tertiary alicyclic amines) is 1. The van der Waals surface area contributed by atoms with Gasteiger partial charge in [-0.15, -0.1) is 0 Å². The number of alkyl halides is 3. The summed E-state index contributed by atoms with van der Waals surface area (Å²) >= 11 is 6.10. The number of nitrogens with zero attached hydrogens (tertiary/aromatic N) is 3. The number of carbonyl (C=O) groups excluding carboxylic acids is 1. The van der Waals surface area contributed by atoms with Crippen LogP contribution in [0.1, 0.15) is 45.5 Å². The minimum absolute atomic E-state index is 0.00551. The zero-order chi connectivity index (χ0) is 31.1. The Balaban J connectivity index is 1.08. The molecule has 3 aliphatic rings. The number of hydrogen-bond acceptors (Lipinski definition) is 4. The fourth-order valence-corrected chi connectivity index (χ4v) is 7.06. The number of piperidine rings is 1. The van der Waals surface area contributed by atoms with E-state index in [4.69, 9.17) is 11.6 Å². The van der Waals surface area contributed by atoms with Gasteiger partial charge in [0.15, 0.2) is 0 Å². The van der Waals surface area contributed by atoms with Crippen LogP contribution in [-0.4, -0.2) is 42.0 Å². The second-order valence-corrected chi connectivity index (χ2v) is 12.3. The highest BCUT2D eigenvalue weighted by molar-refractivity contribution is 6.30. The molecule has 3 aromatic carbocycles. The summed E-state index contributed by atoms with van der Waals surface area (Å²) in [5.41, 5.74) is 6.49. The van der Waals surface area contributed by atoms with Gasteiger partial charge in [0.1, 0.15) is 5.82 Å². The molecule has 2 aliphatic heterocycles. The van der Waals surface area contributed by atoms with E-state index in [0.29, 0.717) is 49.2 Å². The largest absolute Gasteiger partial charge is 0.416 e. The molecule has 1 amide bonds. The van der Waals surface area contributed by atoms with Crippen molar-refractivity contribution < 1.29 is 18.0 Å². The molecule has 5 nitrogen and oxygen atoms in total. The van der Waals surface area contributed by atoms with Gasteiger partial charge in [-0.1, -0.05) is 54.1 Å². The van der Waals surface area contributed by atoms with Crippen LogP contribution >= 0.6 is 11.6 Å². The lowest BCUT2D eigenvalue weighted by atomic mass is 9.86. The van der Waals surface area contributed by atoms with Crippen LogP contribution in [0.4, 0.5) is 24.7 Å². The van der Waals surface area contributed by atoms with E-state index in [1.807, 2.05) is 40.1 Å². The van der Waals surface area contributed by atoms with Crippen molar-refractivity contribution in [2.24, 2.45) is 5.92 Å². The number of carbonyl (C=O) groups is 1. The van der Waals surface area contributed by atoms with Gasteiger partial charge in [0.05, 0.1) is 11.3 Å². The molecule has 230 valence electrons. The number of fused-ring (bicyclic) bond motifs is 2. The summed E-state index contributed by atoms with van der Waals surface area (Å²) in [5.74, 6) is 1.07. The van der Waals surface area contributed by atoms with Crippen molar-refractivity contribution in [2.75, 3.05) is 36.4 Å². The third kappa shape index (κ3) is 5.91. The summed E-state index contributed by atoms with van der Waals surface area (Å²) in [6.45, 7) is 2.49. The predicted octanol–water partition coefficient (Wildman–Crippen LogP) is 8.34. The Kier molecular flexibility index (Phi) is 7.78. The molecule has 1 N–H and O–H groups in total. The van der Waals surface area contributed by atoms with Crippen molar-refractivity contribution >= 4 is 34.6 Å². The topological polar surface area (TPSA) is 48.5 Å². The lowest BCUT2D eigenvalue weighted by Crippen LogP contribution is -2.38. The number of benzene rings is 3. The molecule has 1 aromatic heterocycles. The fourth-order valence-electron chi connectivity index (χ4n) is 6.86. The number of hydrogen-bond donors (Lipinski definition) is 1. The number of allylic oxidation sites excluding steroid dienone is 2. The van der Waals surface area contributed by atoms with Crippen LogP contribution in [0.2, 0.25) is 5.02 Å². The maximum atomic E-state index is 13.8. The van der Waals surface area contributed by atoms with E-state index < -0.39 is 11.7 Å². The second-order valence-electron chi connectivity index (χ2n) is 11.9. The Morgan fingerprint density at radius 1 is 0.956 bits per heavy atom. The molecule has 0 spiro atoms. The quantitative estimate of drug-likeness (QED) is 0.241. The maximum Gasteiger partial charge on any atom is 0.416 e. The molecule has 45 heavy (non-hydrogen) atoms. The third-order valence-corrected chi connectivity index (χ3v) is 9.39. The molecular formula is C36H32ClF3N4O. The Morgan fingerprint density at radius 2 is 1.78 bits per heavy atom. The first-order valence-corrected chi connectivity index (χ1v) is 15.6. The van der Waals surface area contributed by atoms with E-state index in [9.17, 15) is 18.0 Å². The first kappa shape index (κ1) is 29.4. The van der Waals surface area contributed by atoms with E-state index in [1.165, 1.54) is 28.8 Å². The van der Waals surface area contributed by atoms with Gasteiger partial charge in [-0.05, 0) is 89.4 Å². The first-order valence-electron chi connectivity index (χ1n) is 15.3. The minimum atomic E-state index is -4.49. The predicted molar refractivity (Wildman–Crippen MR) is 172 cm³/mol. The van der Waals surface area contributed by atoms with Crippen LogP contribution in [0, 0.1) is 5.92 Å². The second kappa shape index (κ2) is 11.9. The van der Waals surface area contributed by atoms with Gasteiger partial charge in [0.2, 0.25) is 0 Å². The number of nitrogens with one attached hydrogen (secondary N) is 1. The van der Waals surface area contributed by atoms with E-state index in [1.54, 1.807) is 6.20 Å². The Bertz CT molecular complexity index is 1800. The standard InChI is InChI=1S/C36H32ClF3N4O/c37-29-9-11-32(36(38,39)40)28(19-29)22-44-17-14-41-34-33(44)20-27(21-42-34)25-5-3-6-26(18-25)35(45)43-15-12-24(13-16-43)31-10-8-23-4-1-2-7-30(23)31/h1-7,9-11,18-21,24H,8,12-17,22H2,(H,41,42). The zero-order valence-electron chi connectivity index (χ0n) is 24.6. The summed E-state index contributed by atoms with van der Waals surface area (Å²) in [5, 5.41) is 3.51. The lowest BCUT2D eigenvalue weighted by Gasteiger charge is -2.33. The molecule has 3 heterocycles. The summed E-state index contributed by atoms with van der Waals surface area (Å²) in [4.78, 5) is 22.0. The molecule has 1 fully saturated rings. The van der Waals surface area contributed by atoms with Gasteiger partial charge in [-0.2, -0.15) is 13.2 Å². The van der Waals surface area contributed by atoms with Crippen LogP contribution in [0.3, 0.4) is 0 Å². The number of aromatic nitrogens is 1. The highest BCUT2D eigenvalue weighted by atomic mass is 35.5. The average Bonchev–Trinajstić information content (AvgIpc) is 3.48. The summed E-state index contributed by atoms with van der Waals surface area (Å²) in [6, 6.07) is 21.7. The molecule has 1 saturated heterocycles. The fraction of sp³-hybridized carbons (Fsp3) is 0.278. The van der Waals surface area contributed by atoms with Gasteiger partial charge < -0.3 is 15.1 Å². The number of amides is 1. The highest BCUT2D eigenvalue weighted by Crippen LogP contribution is 2.39. The van der Waals surface area contributed by atoms with E-state index in [0.717, 1.165) is 36.5 Å². The third-order valence-electron chi connectivity index (χ3n) is 9.15. The van der Waals surface area contributed by atoms with Crippen LogP contribution in [0.5, 0.6) is 0 Å². The zero-order valence-corrected chi connectivity index (χ0v) is 25.3. The van der Waals surface area contributed by atoms with E-state index >= 15 is 0 Å². The number of anilines is 2. The van der Waals surface area contributed by atoms with Gasteiger partial charge in [0, 0.05) is 55.1 Å². The normalized spacial score (nSPS) is 16.6. The first-order chi connectivity index (χ1) is 21.7. The SMILES string of the molecule is O=C(c1cccc(-c2cnc3c(c2)N(Cc2cc(Cl)ccc2C(F)(F)F)CCN3)c1)N1CCC(C2=CCc3ccccc32)CC1. The molecule has 0 atom stereocenters. The molecule has 7 rings (SSSR count). The van der Waals surface area contributed by atoms with Gasteiger partial charge in [0.25, 0.3) is 5.91 Å². The van der Waals surface area contributed by atoms with Gasteiger partial charge in [-0.3, -0.25) is 4.79 Å². The highest BCUT2D eigenvalue weighted by Gasteiger charge is 2.34. The van der Waals surface area contributed by atoms with Gasteiger partial charge >= 0.3 is 6.18 Å². The van der Waals surface area contributed by atoms with Crippen molar-refractivity contribution in [3.05, 3.63) is 118 Å². The molecule has 0 radical (unpaired) electrons. The monoisotopic (exact) mass is 628 g/mol.